The van der Waals surface area contributed by atoms with Crippen LogP contribution in [-0.4, -0.2) is 26.8 Å². The van der Waals surface area contributed by atoms with Gasteiger partial charge >= 0.3 is 6.18 Å². The number of ether oxygens (including phenoxy) is 2. The Labute approximate surface area is 142 Å². The number of fused-ring (bicyclic) bond motifs is 1. The van der Waals surface area contributed by atoms with Crippen molar-refractivity contribution in [2.24, 2.45) is 0 Å². The zero-order valence-corrected chi connectivity index (χ0v) is 13.5. The normalized spacial score (nSPS) is 12.8. The van der Waals surface area contributed by atoms with Crippen LogP contribution in [-0.2, 0) is 6.18 Å². The molecule has 5 nitrogen and oxygen atoms in total. The minimum Gasteiger partial charge on any atom is -0.454 e. The molecular formula is C17H15F3N2O3. The Balaban J connectivity index is 1.91. The molecule has 0 radical (unpaired) electrons. The zero-order valence-electron chi connectivity index (χ0n) is 13.5. The molecule has 8 heteroatoms. The van der Waals surface area contributed by atoms with Crippen molar-refractivity contribution in [1.82, 2.24) is 0 Å². The number of rotatable bonds is 3. The first-order valence-electron chi connectivity index (χ1n) is 7.35. The maximum atomic E-state index is 13.0. The van der Waals surface area contributed by atoms with Crippen molar-refractivity contribution in [3.05, 3.63) is 47.5 Å². The average molecular weight is 352 g/mol. The molecule has 3 rings (SSSR count). The van der Waals surface area contributed by atoms with Gasteiger partial charge in [-0.15, -0.1) is 0 Å². The summed E-state index contributed by atoms with van der Waals surface area (Å²) in [4.78, 5) is 14.1. The lowest BCUT2D eigenvalue weighted by atomic mass is 10.1. The van der Waals surface area contributed by atoms with Crippen molar-refractivity contribution in [1.29, 1.82) is 0 Å². The molecule has 0 bridgehead atoms. The van der Waals surface area contributed by atoms with Gasteiger partial charge in [0.25, 0.3) is 5.91 Å². The maximum Gasteiger partial charge on any atom is 0.416 e. The number of benzene rings is 2. The van der Waals surface area contributed by atoms with Crippen LogP contribution in [0.4, 0.5) is 24.5 Å². The number of hydrogen-bond acceptors (Lipinski definition) is 4. The van der Waals surface area contributed by atoms with Gasteiger partial charge in [0.05, 0.1) is 16.9 Å². The molecule has 1 N–H and O–H groups in total. The number of nitrogens with one attached hydrogen (secondary N) is 1. The molecule has 0 saturated carbocycles. The first-order chi connectivity index (χ1) is 11.8. The number of hydrogen-bond donors (Lipinski definition) is 1. The molecular weight excluding hydrogens is 337 g/mol. The summed E-state index contributed by atoms with van der Waals surface area (Å²) < 4.78 is 49.2. The van der Waals surface area contributed by atoms with Crippen molar-refractivity contribution < 1.29 is 27.4 Å². The number of amides is 1. The van der Waals surface area contributed by atoms with Crippen molar-refractivity contribution in [3.63, 3.8) is 0 Å². The number of anilines is 2. The minimum atomic E-state index is -4.50. The Morgan fingerprint density at radius 2 is 1.80 bits per heavy atom. The fourth-order valence-electron chi connectivity index (χ4n) is 2.43. The molecule has 0 spiro atoms. The third-order valence-corrected chi connectivity index (χ3v) is 3.69. The molecule has 0 fully saturated rings. The number of nitrogens with zero attached hydrogens (tertiary/aromatic N) is 1. The summed E-state index contributed by atoms with van der Waals surface area (Å²) >= 11 is 0. The van der Waals surface area contributed by atoms with Crippen molar-refractivity contribution in [2.45, 2.75) is 6.18 Å². The molecule has 2 aromatic carbocycles. The number of halogens is 3. The van der Waals surface area contributed by atoms with Crippen LogP contribution in [0.5, 0.6) is 11.5 Å². The van der Waals surface area contributed by atoms with Gasteiger partial charge in [0, 0.05) is 19.7 Å². The predicted molar refractivity (Wildman–Crippen MR) is 86.3 cm³/mol. The van der Waals surface area contributed by atoms with E-state index in [0.717, 1.165) is 12.1 Å². The largest absolute Gasteiger partial charge is 0.454 e. The van der Waals surface area contributed by atoms with Crippen molar-refractivity contribution in [2.75, 3.05) is 31.1 Å². The van der Waals surface area contributed by atoms with E-state index in [4.69, 9.17) is 9.47 Å². The summed E-state index contributed by atoms with van der Waals surface area (Å²) in [6, 6.07) is 7.80. The lowest BCUT2D eigenvalue weighted by Gasteiger charge is -2.20. The minimum absolute atomic E-state index is 0.0683. The lowest BCUT2D eigenvalue weighted by Crippen LogP contribution is -2.18. The molecule has 1 aliphatic heterocycles. The van der Waals surface area contributed by atoms with Gasteiger partial charge in [0.2, 0.25) is 6.79 Å². The number of carbonyl (C=O) groups excluding carboxylic acids is 1. The first-order valence-corrected chi connectivity index (χ1v) is 7.35. The summed E-state index contributed by atoms with van der Waals surface area (Å²) in [5.74, 6) is 0.398. The summed E-state index contributed by atoms with van der Waals surface area (Å²) in [5, 5.41) is 2.53. The maximum absolute atomic E-state index is 13.0. The van der Waals surface area contributed by atoms with E-state index in [0.29, 0.717) is 17.2 Å². The Morgan fingerprint density at radius 3 is 2.48 bits per heavy atom. The van der Waals surface area contributed by atoms with Crippen LogP contribution >= 0.6 is 0 Å². The molecule has 1 aliphatic rings. The molecule has 1 heterocycles. The van der Waals surface area contributed by atoms with E-state index in [9.17, 15) is 18.0 Å². The predicted octanol–water partition coefficient (Wildman–Crippen LogP) is 3.75. The van der Waals surface area contributed by atoms with E-state index in [1.165, 1.54) is 18.2 Å². The van der Waals surface area contributed by atoms with Gasteiger partial charge in [-0.3, -0.25) is 4.79 Å². The smallest absolute Gasteiger partial charge is 0.416 e. The van der Waals surface area contributed by atoms with Crippen LogP contribution in [0, 0.1) is 0 Å². The molecule has 0 unspecified atom stereocenters. The highest BCUT2D eigenvalue weighted by molar-refractivity contribution is 6.06. The van der Waals surface area contributed by atoms with Gasteiger partial charge in [-0.2, -0.15) is 13.2 Å². The Hall–Kier alpha value is -2.90. The van der Waals surface area contributed by atoms with Gasteiger partial charge < -0.3 is 19.7 Å². The van der Waals surface area contributed by atoms with E-state index in [1.54, 1.807) is 25.1 Å². The average Bonchev–Trinajstić information content (AvgIpc) is 3.01. The molecule has 0 saturated heterocycles. The summed E-state index contributed by atoms with van der Waals surface area (Å²) in [6.07, 6.45) is -4.50. The second-order valence-corrected chi connectivity index (χ2v) is 5.65. The van der Waals surface area contributed by atoms with E-state index >= 15 is 0 Å². The van der Waals surface area contributed by atoms with Crippen LogP contribution in [0.15, 0.2) is 36.4 Å². The molecule has 0 aromatic heterocycles. The van der Waals surface area contributed by atoms with Gasteiger partial charge in [-0.05, 0) is 36.4 Å². The fraction of sp³-hybridized carbons (Fsp3) is 0.235. The lowest BCUT2D eigenvalue weighted by molar-refractivity contribution is -0.137. The molecule has 0 atom stereocenters. The van der Waals surface area contributed by atoms with E-state index < -0.39 is 17.6 Å². The molecule has 132 valence electrons. The Morgan fingerprint density at radius 1 is 1.08 bits per heavy atom. The fourth-order valence-corrected chi connectivity index (χ4v) is 2.43. The second kappa shape index (κ2) is 6.19. The summed E-state index contributed by atoms with van der Waals surface area (Å²) in [5.41, 5.74) is -0.0463. The number of carbonyl (C=O) groups is 1. The van der Waals surface area contributed by atoms with Gasteiger partial charge in [-0.25, -0.2) is 0 Å². The topological polar surface area (TPSA) is 50.8 Å². The summed E-state index contributed by atoms with van der Waals surface area (Å²) in [6.45, 7) is 0.0683. The quantitative estimate of drug-likeness (QED) is 0.914. The molecule has 2 aromatic rings. The van der Waals surface area contributed by atoms with Crippen LogP contribution in [0.3, 0.4) is 0 Å². The highest BCUT2D eigenvalue weighted by Gasteiger charge is 2.31. The zero-order chi connectivity index (χ0) is 18.2. The van der Waals surface area contributed by atoms with Crippen molar-refractivity contribution in [3.8, 4) is 11.5 Å². The SMILES string of the molecule is CN(C)c1ccc(C(F)(F)F)cc1NC(=O)c1ccc2c(c1)OCO2. The third kappa shape index (κ3) is 3.47. The number of alkyl halides is 3. The van der Waals surface area contributed by atoms with E-state index in [1.807, 2.05) is 0 Å². The molecule has 25 heavy (non-hydrogen) atoms. The van der Waals surface area contributed by atoms with Gasteiger partial charge in [-0.1, -0.05) is 0 Å². The third-order valence-electron chi connectivity index (χ3n) is 3.69. The van der Waals surface area contributed by atoms with Crippen LogP contribution < -0.4 is 19.7 Å². The monoisotopic (exact) mass is 352 g/mol. The molecule has 1 amide bonds. The highest BCUT2D eigenvalue weighted by atomic mass is 19.4. The van der Waals surface area contributed by atoms with Crippen molar-refractivity contribution >= 4 is 17.3 Å². The Bertz CT molecular complexity index is 819. The van der Waals surface area contributed by atoms with Gasteiger partial charge in [0.15, 0.2) is 11.5 Å². The van der Waals surface area contributed by atoms with E-state index in [2.05, 4.69) is 5.32 Å². The summed E-state index contributed by atoms with van der Waals surface area (Å²) in [7, 11) is 3.36. The van der Waals surface area contributed by atoms with Crippen LogP contribution in [0.1, 0.15) is 15.9 Å². The van der Waals surface area contributed by atoms with Crippen LogP contribution in [0.2, 0.25) is 0 Å². The molecule has 0 aliphatic carbocycles. The Kier molecular flexibility index (Phi) is 4.20. The van der Waals surface area contributed by atoms with E-state index in [-0.39, 0.29) is 18.0 Å². The first kappa shape index (κ1) is 16.9. The van der Waals surface area contributed by atoms with Gasteiger partial charge in [0.1, 0.15) is 0 Å². The standard InChI is InChI=1S/C17H15F3N2O3/c1-22(2)13-5-4-11(17(18,19)20)8-12(13)21-16(23)10-3-6-14-15(7-10)25-9-24-14/h3-8H,9H2,1-2H3,(H,21,23). The van der Waals surface area contributed by atoms with Crippen LogP contribution in [0.25, 0.3) is 0 Å². The highest BCUT2D eigenvalue weighted by Crippen LogP contribution is 2.36. The second-order valence-electron chi connectivity index (χ2n) is 5.65.